The van der Waals surface area contributed by atoms with Crippen LogP contribution in [0.15, 0.2) is 73.3 Å². The van der Waals surface area contributed by atoms with Gasteiger partial charge in [0.25, 0.3) is 0 Å². The first-order valence-corrected chi connectivity index (χ1v) is 8.31. The topological polar surface area (TPSA) is 60.7 Å². The number of fused-ring (bicyclic) bond motifs is 1. The zero-order valence-corrected chi connectivity index (χ0v) is 14.3. The van der Waals surface area contributed by atoms with Gasteiger partial charge in [-0.15, -0.1) is 0 Å². The van der Waals surface area contributed by atoms with E-state index in [-0.39, 0.29) is 5.78 Å². The third-order valence-corrected chi connectivity index (χ3v) is 4.16. The van der Waals surface area contributed by atoms with E-state index in [0.29, 0.717) is 16.4 Å². The van der Waals surface area contributed by atoms with Gasteiger partial charge in [0.15, 0.2) is 11.6 Å². The standard InChI is InChI=1S/C20H13ClN4O/c21-17-8-5-14(6-9-17)19(26)10-7-16-11-15-3-1-2-4-18(15)24-20(16)25-13-22-12-23-25/h1-13H/b10-7+. The molecule has 0 spiro atoms. The van der Waals surface area contributed by atoms with E-state index in [1.165, 1.54) is 12.4 Å². The Balaban J connectivity index is 1.76. The van der Waals surface area contributed by atoms with Gasteiger partial charge in [-0.1, -0.05) is 29.8 Å². The lowest BCUT2D eigenvalue weighted by molar-refractivity contribution is 0.104. The molecule has 4 aromatic rings. The molecule has 2 aromatic carbocycles. The second-order valence-electron chi connectivity index (χ2n) is 5.64. The lowest BCUT2D eigenvalue weighted by atomic mass is 10.1. The first kappa shape index (κ1) is 16.2. The molecule has 0 atom stereocenters. The molecule has 0 aliphatic rings. The summed E-state index contributed by atoms with van der Waals surface area (Å²) in [5.41, 5.74) is 2.19. The van der Waals surface area contributed by atoms with Crippen molar-refractivity contribution in [3.05, 3.63) is 89.5 Å². The van der Waals surface area contributed by atoms with E-state index < -0.39 is 0 Å². The molecule has 0 bridgehead atoms. The second kappa shape index (κ2) is 6.90. The zero-order chi connectivity index (χ0) is 17.9. The van der Waals surface area contributed by atoms with Gasteiger partial charge in [0.05, 0.1) is 5.52 Å². The molecule has 0 aliphatic carbocycles. The quantitative estimate of drug-likeness (QED) is 0.400. The molecule has 6 heteroatoms. The lowest BCUT2D eigenvalue weighted by Crippen LogP contribution is -2.02. The monoisotopic (exact) mass is 360 g/mol. The number of rotatable bonds is 4. The molecule has 0 unspecified atom stereocenters. The van der Waals surface area contributed by atoms with Crippen LogP contribution in [0.5, 0.6) is 0 Å². The van der Waals surface area contributed by atoms with Crippen LogP contribution >= 0.6 is 11.6 Å². The number of carbonyl (C=O) groups is 1. The van der Waals surface area contributed by atoms with Crippen molar-refractivity contribution < 1.29 is 4.79 Å². The Hall–Kier alpha value is -3.31. The van der Waals surface area contributed by atoms with Crippen LogP contribution < -0.4 is 0 Å². The number of hydrogen-bond acceptors (Lipinski definition) is 4. The molecule has 26 heavy (non-hydrogen) atoms. The largest absolute Gasteiger partial charge is 0.289 e. The van der Waals surface area contributed by atoms with Crippen molar-refractivity contribution in [2.75, 3.05) is 0 Å². The summed E-state index contributed by atoms with van der Waals surface area (Å²) in [5.74, 6) is 0.501. The average molecular weight is 361 g/mol. The van der Waals surface area contributed by atoms with Gasteiger partial charge in [-0.05, 0) is 48.6 Å². The average Bonchev–Trinajstić information content (AvgIpc) is 3.20. The number of hydrogen-bond donors (Lipinski definition) is 0. The van der Waals surface area contributed by atoms with E-state index in [1.807, 2.05) is 30.3 Å². The number of nitrogens with zero attached hydrogens (tertiary/aromatic N) is 4. The van der Waals surface area contributed by atoms with Crippen LogP contribution in [0.4, 0.5) is 0 Å². The lowest BCUT2D eigenvalue weighted by Gasteiger charge is -2.07. The highest BCUT2D eigenvalue weighted by Gasteiger charge is 2.09. The molecule has 0 amide bonds. The number of aromatic nitrogens is 4. The van der Waals surface area contributed by atoms with Crippen molar-refractivity contribution in [1.29, 1.82) is 0 Å². The summed E-state index contributed by atoms with van der Waals surface area (Å²) in [7, 11) is 0. The van der Waals surface area contributed by atoms with Crippen molar-refractivity contribution >= 4 is 34.4 Å². The van der Waals surface area contributed by atoms with Gasteiger partial charge in [-0.2, -0.15) is 5.10 Å². The van der Waals surface area contributed by atoms with Crippen molar-refractivity contribution in [1.82, 2.24) is 19.7 Å². The van der Waals surface area contributed by atoms with E-state index in [4.69, 9.17) is 11.6 Å². The molecule has 2 heterocycles. The molecule has 0 fully saturated rings. The first-order chi connectivity index (χ1) is 12.7. The summed E-state index contributed by atoms with van der Waals surface area (Å²) in [6.45, 7) is 0. The number of benzene rings is 2. The molecular formula is C20H13ClN4O. The maximum Gasteiger partial charge on any atom is 0.185 e. The van der Waals surface area contributed by atoms with E-state index >= 15 is 0 Å². The summed E-state index contributed by atoms with van der Waals surface area (Å²) < 4.78 is 1.58. The summed E-state index contributed by atoms with van der Waals surface area (Å²) in [6, 6.07) is 16.6. The zero-order valence-electron chi connectivity index (χ0n) is 13.6. The van der Waals surface area contributed by atoms with Crippen molar-refractivity contribution in [2.45, 2.75) is 0 Å². The summed E-state index contributed by atoms with van der Waals surface area (Å²) >= 11 is 5.87. The van der Waals surface area contributed by atoms with E-state index in [9.17, 15) is 4.79 Å². The van der Waals surface area contributed by atoms with Crippen LogP contribution in [-0.2, 0) is 0 Å². The molecular weight excluding hydrogens is 348 g/mol. The summed E-state index contributed by atoms with van der Waals surface area (Å²) in [4.78, 5) is 21.0. The van der Waals surface area contributed by atoms with Crippen LogP contribution in [-0.4, -0.2) is 25.5 Å². The van der Waals surface area contributed by atoms with E-state index in [1.54, 1.807) is 41.4 Å². The number of carbonyl (C=O) groups excluding carboxylic acids is 1. The van der Waals surface area contributed by atoms with Crippen LogP contribution in [0.3, 0.4) is 0 Å². The predicted octanol–water partition coefficient (Wildman–Crippen LogP) is 4.37. The third kappa shape index (κ3) is 3.25. The Morgan fingerprint density at radius 1 is 1.08 bits per heavy atom. The van der Waals surface area contributed by atoms with Gasteiger partial charge >= 0.3 is 0 Å². The third-order valence-electron chi connectivity index (χ3n) is 3.91. The van der Waals surface area contributed by atoms with Crippen LogP contribution in [0.1, 0.15) is 15.9 Å². The molecule has 4 rings (SSSR count). The Bertz CT molecular complexity index is 1100. The molecule has 0 aliphatic heterocycles. The Kier molecular flexibility index (Phi) is 4.29. The minimum atomic E-state index is -0.112. The van der Waals surface area contributed by atoms with Crippen molar-refractivity contribution in [3.8, 4) is 5.82 Å². The van der Waals surface area contributed by atoms with Crippen LogP contribution in [0, 0.1) is 0 Å². The van der Waals surface area contributed by atoms with Gasteiger partial charge in [0, 0.05) is 21.5 Å². The predicted molar refractivity (Wildman–Crippen MR) is 101 cm³/mol. The number of para-hydroxylation sites is 1. The number of allylic oxidation sites excluding steroid dienone is 1. The Labute approximate surface area is 154 Å². The molecule has 0 radical (unpaired) electrons. The maximum atomic E-state index is 12.4. The van der Waals surface area contributed by atoms with Gasteiger partial charge in [0.1, 0.15) is 12.7 Å². The molecule has 0 N–H and O–H groups in total. The molecule has 0 saturated heterocycles. The number of ketones is 1. The van der Waals surface area contributed by atoms with E-state index in [2.05, 4.69) is 15.1 Å². The van der Waals surface area contributed by atoms with Crippen LogP contribution in [0.25, 0.3) is 22.8 Å². The highest BCUT2D eigenvalue weighted by Crippen LogP contribution is 2.21. The normalized spacial score (nSPS) is 11.3. The SMILES string of the molecule is O=C(/C=C/c1cc2ccccc2nc1-n1cncn1)c1ccc(Cl)cc1. The van der Waals surface area contributed by atoms with Crippen molar-refractivity contribution in [3.63, 3.8) is 0 Å². The smallest absolute Gasteiger partial charge is 0.185 e. The Morgan fingerprint density at radius 2 is 1.88 bits per heavy atom. The van der Waals surface area contributed by atoms with Gasteiger partial charge in [-0.3, -0.25) is 4.79 Å². The van der Waals surface area contributed by atoms with Gasteiger partial charge < -0.3 is 0 Å². The fourth-order valence-electron chi connectivity index (χ4n) is 2.62. The molecule has 0 saturated carbocycles. The molecule has 5 nitrogen and oxygen atoms in total. The fraction of sp³-hybridized carbons (Fsp3) is 0. The van der Waals surface area contributed by atoms with Gasteiger partial charge in [0.2, 0.25) is 0 Å². The van der Waals surface area contributed by atoms with Gasteiger partial charge in [-0.25, -0.2) is 14.6 Å². The summed E-state index contributed by atoms with van der Waals surface area (Å²) in [6.07, 6.45) is 6.29. The minimum absolute atomic E-state index is 0.112. The Morgan fingerprint density at radius 3 is 2.65 bits per heavy atom. The number of halogens is 1. The second-order valence-corrected chi connectivity index (χ2v) is 6.07. The summed E-state index contributed by atoms with van der Waals surface area (Å²) in [5, 5.41) is 5.74. The minimum Gasteiger partial charge on any atom is -0.289 e. The first-order valence-electron chi connectivity index (χ1n) is 7.93. The number of pyridine rings is 1. The van der Waals surface area contributed by atoms with Crippen molar-refractivity contribution in [2.24, 2.45) is 0 Å². The maximum absolute atomic E-state index is 12.4. The fourth-order valence-corrected chi connectivity index (χ4v) is 2.75. The highest BCUT2D eigenvalue weighted by molar-refractivity contribution is 6.30. The highest BCUT2D eigenvalue weighted by atomic mass is 35.5. The van der Waals surface area contributed by atoms with E-state index in [0.717, 1.165) is 16.5 Å². The molecule has 126 valence electrons. The molecule has 2 aromatic heterocycles. The van der Waals surface area contributed by atoms with Crippen LogP contribution in [0.2, 0.25) is 5.02 Å².